The maximum atomic E-state index is 12.4. The largest absolute Gasteiger partial charge is 0.392 e. The highest BCUT2D eigenvalue weighted by molar-refractivity contribution is 7.89. The Balaban J connectivity index is 2.26. The number of benzene rings is 1. The van der Waals surface area contributed by atoms with Gasteiger partial charge in [0.1, 0.15) is 5.01 Å². The van der Waals surface area contributed by atoms with Crippen molar-refractivity contribution in [3.05, 3.63) is 45.4 Å². The molecular weight excluding hydrogens is 308 g/mol. The molecule has 0 amide bonds. The highest BCUT2D eigenvalue weighted by Gasteiger charge is 2.20. The molecule has 2 aromatic rings. The molecule has 21 heavy (non-hydrogen) atoms. The molecule has 0 saturated carbocycles. The normalized spacial score (nSPS) is 13.3. The van der Waals surface area contributed by atoms with Crippen LogP contribution in [0.25, 0.3) is 0 Å². The zero-order valence-electron chi connectivity index (χ0n) is 12.1. The van der Waals surface area contributed by atoms with Crippen molar-refractivity contribution in [2.75, 3.05) is 0 Å². The molecule has 1 aromatic heterocycles. The van der Waals surface area contributed by atoms with Crippen LogP contribution in [0.15, 0.2) is 28.5 Å². The van der Waals surface area contributed by atoms with E-state index < -0.39 is 16.1 Å². The molecule has 5 nitrogen and oxygen atoms in total. The van der Waals surface area contributed by atoms with Crippen LogP contribution in [0, 0.1) is 13.8 Å². The number of aliphatic hydroxyl groups excluding tert-OH is 1. The fraction of sp³-hybridized carbons (Fsp3) is 0.357. The Morgan fingerprint density at radius 1 is 1.38 bits per heavy atom. The van der Waals surface area contributed by atoms with Crippen molar-refractivity contribution in [1.29, 1.82) is 0 Å². The Labute approximate surface area is 128 Å². The summed E-state index contributed by atoms with van der Waals surface area (Å²) < 4.78 is 27.4. The molecule has 1 unspecified atom stereocenters. The summed E-state index contributed by atoms with van der Waals surface area (Å²) in [6.07, 6.45) is 0. The first-order chi connectivity index (χ1) is 9.83. The first-order valence-corrected chi connectivity index (χ1v) is 8.84. The van der Waals surface area contributed by atoms with E-state index in [4.69, 9.17) is 0 Å². The summed E-state index contributed by atoms with van der Waals surface area (Å²) in [5.74, 6) is 0. The van der Waals surface area contributed by atoms with Gasteiger partial charge < -0.3 is 5.11 Å². The van der Waals surface area contributed by atoms with Crippen molar-refractivity contribution in [3.8, 4) is 0 Å². The first kappa shape index (κ1) is 16.1. The highest BCUT2D eigenvalue weighted by Crippen LogP contribution is 2.21. The molecule has 7 heteroatoms. The van der Waals surface area contributed by atoms with Crippen LogP contribution in [0.3, 0.4) is 0 Å². The van der Waals surface area contributed by atoms with Gasteiger partial charge in [-0.3, -0.25) is 0 Å². The lowest BCUT2D eigenvalue weighted by molar-refractivity contribution is 0.280. The van der Waals surface area contributed by atoms with Crippen LogP contribution in [-0.4, -0.2) is 18.5 Å². The molecule has 114 valence electrons. The zero-order chi connectivity index (χ0) is 15.6. The Morgan fingerprint density at radius 3 is 2.67 bits per heavy atom. The number of hydrogen-bond acceptors (Lipinski definition) is 5. The molecule has 0 spiro atoms. The summed E-state index contributed by atoms with van der Waals surface area (Å²) in [4.78, 5) is 4.44. The van der Waals surface area contributed by atoms with Crippen molar-refractivity contribution in [1.82, 2.24) is 9.71 Å². The van der Waals surface area contributed by atoms with Crippen LogP contribution in [-0.2, 0) is 16.6 Å². The van der Waals surface area contributed by atoms with Crippen molar-refractivity contribution in [2.24, 2.45) is 0 Å². The molecule has 0 aliphatic heterocycles. The van der Waals surface area contributed by atoms with Gasteiger partial charge in [0.05, 0.1) is 17.5 Å². The summed E-state index contributed by atoms with van der Waals surface area (Å²) in [5.41, 5.74) is 2.34. The topological polar surface area (TPSA) is 79.3 Å². The first-order valence-electron chi connectivity index (χ1n) is 6.48. The smallest absolute Gasteiger partial charge is 0.241 e. The molecule has 1 heterocycles. The number of aryl methyl sites for hydroxylation is 2. The number of aromatic nitrogens is 1. The second kappa shape index (κ2) is 6.23. The molecule has 1 aromatic carbocycles. The lowest BCUT2D eigenvalue weighted by Gasteiger charge is -2.13. The predicted octanol–water partition coefficient (Wildman–Crippen LogP) is 2.29. The molecule has 0 fully saturated rings. The standard InChI is InChI=1S/C14H18N2O3S2/c1-9-4-5-13(6-12(9)7-17)21(18,19)16-11(3)14-15-10(2)8-20-14/h4-6,8,11,16-17H,7H2,1-3H3. The van der Waals surface area contributed by atoms with Crippen LogP contribution in [0.5, 0.6) is 0 Å². The van der Waals surface area contributed by atoms with Gasteiger partial charge in [-0.25, -0.2) is 18.1 Å². The molecule has 0 saturated heterocycles. The Hall–Kier alpha value is -1.28. The average Bonchev–Trinajstić information content (AvgIpc) is 2.85. The third-order valence-electron chi connectivity index (χ3n) is 3.14. The Bertz CT molecular complexity index is 738. The van der Waals surface area contributed by atoms with Crippen molar-refractivity contribution in [2.45, 2.75) is 38.3 Å². The van der Waals surface area contributed by atoms with Gasteiger partial charge in [-0.2, -0.15) is 0 Å². The molecule has 0 radical (unpaired) electrons. The van der Waals surface area contributed by atoms with Gasteiger partial charge in [-0.05, 0) is 44.0 Å². The minimum absolute atomic E-state index is 0.150. The molecule has 0 bridgehead atoms. The van der Waals surface area contributed by atoms with Gasteiger partial charge in [0, 0.05) is 11.1 Å². The lowest BCUT2D eigenvalue weighted by atomic mass is 10.1. The van der Waals surface area contributed by atoms with Crippen LogP contribution < -0.4 is 4.72 Å². The fourth-order valence-electron chi connectivity index (χ4n) is 1.91. The van der Waals surface area contributed by atoms with E-state index >= 15 is 0 Å². The number of thiazole rings is 1. The lowest BCUT2D eigenvalue weighted by Crippen LogP contribution is -2.27. The van der Waals surface area contributed by atoms with E-state index in [9.17, 15) is 13.5 Å². The Morgan fingerprint density at radius 2 is 2.10 bits per heavy atom. The Kier molecular flexibility index (Phi) is 4.77. The number of hydrogen-bond donors (Lipinski definition) is 2. The maximum absolute atomic E-state index is 12.4. The number of aliphatic hydroxyl groups is 1. The van der Waals surface area contributed by atoms with Crippen LogP contribution in [0.4, 0.5) is 0 Å². The fourth-order valence-corrected chi connectivity index (χ4v) is 4.04. The second-order valence-corrected chi connectivity index (χ2v) is 7.52. The minimum Gasteiger partial charge on any atom is -0.392 e. The predicted molar refractivity (Wildman–Crippen MR) is 82.7 cm³/mol. The summed E-state index contributed by atoms with van der Waals surface area (Å²) in [6.45, 7) is 5.28. The van der Waals surface area contributed by atoms with Crippen molar-refractivity contribution >= 4 is 21.4 Å². The summed E-state index contributed by atoms with van der Waals surface area (Å²) in [7, 11) is -3.64. The van der Waals surface area contributed by atoms with E-state index in [1.165, 1.54) is 23.5 Å². The van der Waals surface area contributed by atoms with E-state index in [1.807, 2.05) is 19.2 Å². The van der Waals surface area contributed by atoms with Gasteiger partial charge in [-0.15, -0.1) is 11.3 Å². The quantitative estimate of drug-likeness (QED) is 0.883. The van der Waals surface area contributed by atoms with Crippen LogP contribution >= 0.6 is 11.3 Å². The van der Waals surface area contributed by atoms with Gasteiger partial charge in [0.25, 0.3) is 0 Å². The third-order valence-corrected chi connectivity index (χ3v) is 5.82. The van der Waals surface area contributed by atoms with E-state index in [1.54, 1.807) is 13.0 Å². The average molecular weight is 326 g/mol. The minimum atomic E-state index is -3.64. The van der Waals surface area contributed by atoms with Gasteiger partial charge in [0.15, 0.2) is 0 Å². The van der Waals surface area contributed by atoms with Gasteiger partial charge in [0.2, 0.25) is 10.0 Å². The SMILES string of the molecule is Cc1csc(C(C)NS(=O)(=O)c2ccc(C)c(CO)c2)n1. The van der Waals surface area contributed by atoms with E-state index in [-0.39, 0.29) is 11.5 Å². The van der Waals surface area contributed by atoms with E-state index in [2.05, 4.69) is 9.71 Å². The van der Waals surface area contributed by atoms with Gasteiger partial charge in [-0.1, -0.05) is 6.07 Å². The number of rotatable bonds is 5. The molecule has 2 N–H and O–H groups in total. The van der Waals surface area contributed by atoms with E-state index in [0.29, 0.717) is 5.56 Å². The summed E-state index contributed by atoms with van der Waals surface area (Å²) >= 11 is 1.43. The molecule has 0 aliphatic rings. The zero-order valence-corrected chi connectivity index (χ0v) is 13.8. The summed E-state index contributed by atoms with van der Waals surface area (Å²) in [6, 6.07) is 4.33. The number of nitrogens with zero attached hydrogens (tertiary/aromatic N) is 1. The molecule has 0 aliphatic carbocycles. The molecule has 1 atom stereocenters. The van der Waals surface area contributed by atoms with E-state index in [0.717, 1.165) is 16.3 Å². The monoisotopic (exact) mass is 326 g/mol. The maximum Gasteiger partial charge on any atom is 0.241 e. The summed E-state index contributed by atoms with van der Waals surface area (Å²) in [5, 5.41) is 11.9. The van der Waals surface area contributed by atoms with Crippen molar-refractivity contribution < 1.29 is 13.5 Å². The van der Waals surface area contributed by atoms with Crippen LogP contribution in [0.1, 0.15) is 34.8 Å². The third kappa shape index (κ3) is 3.68. The van der Waals surface area contributed by atoms with Crippen molar-refractivity contribution in [3.63, 3.8) is 0 Å². The van der Waals surface area contributed by atoms with Gasteiger partial charge >= 0.3 is 0 Å². The highest BCUT2D eigenvalue weighted by atomic mass is 32.2. The number of sulfonamides is 1. The molecular formula is C14H18N2O3S2. The second-order valence-electron chi connectivity index (χ2n) is 4.92. The van der Waals surface area contributed by atoms with Crippen LogP contribution in [0.2, 0.25) is 0 Å². The number of nitrogens with one attached hydrogen (secondary N) is 1. The molecule has 2 rings (SSSR count).